The highest BCUT2D eigenvalue weighted by molar-refractivity contribution is 5.99. The van der Waals surface area contributed by atoms with Crippen LogP contribution in [-0.2, 0) is 4.84 Å². The number of carbonyl (C=O) groups excluding carboxylic acids is 1. The fourth-order valence-electron chi connectivity index (χ4n) is 2.56. The monoisotopic (exact) mass is 324 g/mol. The van der Waals surface area contributed by atoms with E-state index in [-0.39, 0.29) is 12.0 Å². The molecule has 1 aliphatic heterocycles. The summed E-state index contributed by atoms with van der Waals surface area (Å²) in [5.41, 5.74) is 3.01. The third kappa shape index (κ3) is 3.59. The summed E-state index contributed by atoms with van der Waals surface area (Å²) in [5, 5.41) is 6.90. The number of nitrogens with one attached hydrogen (secondary N) is 1. The van der Waals surface area contributed by atoms with Crippen LogP contribution in [0.15, 0.2) is 41.7 Å². The van der Waals surface area contributed by atoms with Crippen molar-refractivity contribution in [3.05, 3.63) is 47.9 Å². The molecule has 1 unspecified atom stereocenters. The molecule has 0 saturated heterocycles. The van der Waals surface area contributed by atoms with E-state index < -0.39 is 0 Å². The maximum absolute atomic E-state index is 12.6. The molecule has 0 spiro atoms. The Hall–Kier alpha value is -2.76. The molecule has 1 aliphatic rings. The summed E-state index contributed by atoms with van der Waals surface area (Å²) in [6, 6.07) is 9.63. The first-order valence-corrected chi connectivity index (χ1v) is 8.06. The maximum Gasteiger partial charge on any atom is 0.255 e. The summed E-state index contributed by atoms with van der Waals surface area (Å²) >= 11 is 0. The first-order valence-electron chi connectivity index (χ1n) is 8.06. The lowest BCUT2D eigenvalue weighted by molar-refractivity contribution is 0.0753. The van der Waals surface area contributed by atoms with E-state index in [4.69, 9.17) is 4.84 Å². The van der Waals surface area contributed by atoms with Gasteiger partial charge in [-0.2, -0.15) is 0 Å². The molecule has 0 fully saturated rings. The van der Waals surface area contributed by atoms with Gasteiger partial charge in [0.05, 0.1) is 23.5 Å². The number of hydrogen-bond donors (Lipinski definition) is 1. The standard InChI is InChI=1S/C18H20N4O2/c1-3-14-9-15(24-22-14)10-20-18(23)16-11-19-12(2)21-17(16)13-7-5-4-6-8-13/h4-8,11,15H,3,9-10H2,1-2H3,(H,20,23). The van der Waals surface area contributed by atoms with Crippen molar-refractivity contribution >= 4 is 11.6 Å². The zero-order valence-electron chi connectivity index (χ0n) is 13.8. The number of hydrogen-bond acceptors (Lipinski definition) is 5. The molecular weight excluding hydrogens is 304 g/mol. The molecule has 1 amide bonds. The van der Waals surface area contributed by atoms with Crippen LogP contribution in [0.25, 0.3) is 11.3 Å². The summed E-state index contributed by atoms with van der Waals surface area (Å²) < 4.78 is 0. The van der Waals surface area contributed by atoms with Crippen LogP contribution in [0, 0.1) is 6.92 Å². The predicted octanol–water partition coefficient (Wildman–Crippen LogP) is 2.74. The minimum absolute atomic E-state index is 0.101. The SMILES string of the molecule is CCC1=NOC(CNC(=O)c2cnc(C)nc2-c2ccccc2)C1. The van der Waals surface area contributed by atoms with Gasteiger partial charge in [-0.25, -0.2) is 9.97 Å². The first-order chi connectivity index (χ1) is 11.7. The van der Waals surface area contributed by atoms with Crippen molar-refractivity contribution in [2.45, 2.75) is 32.8 Å². The summed E-state index contributed by atoms with van der Waals surface area (Å²) in [5.74, 6) is 0.424. The van der Waals surface area contributed by atoms with Crippen molar-refractivity contribution in [1.82, 2.24) is 15.3 Å². The van der Waals surface area contributed by atoms with Crippen molar-refractivity contribution in [2.24, 2.45) is 5.16 Å². The van der Waals surface area contributed by atoms with Gasteiger partial charge in [-0.1, -0.05) is 42.4 Å². The quantitative estimate of drug-likeness (QED) is 0.917. The molecule has 0 saturated carbocycles. The molecular formula is C18H20N4O2. The van der Waals surface area contributed by atoms with Crippen molar-refractivity contribution in [1.29, 1.82) is 0 Å². The highest BCUT2D eigenvalue weighted by atomic mass is 16.6. The number of aryl methyl sites for hydroxylation is 1. The van der Waals surface area contributed by atoms with Crippen LogP contribution in [0.1, 0.15) is 35.9 Å². The Labute approximate surface area is 141 Å². The van der Waals surface area contributed by atoms with Gasteiger partial charge < -0.3 is 10.2 Å². The average molecular weight is 324 g/mol. The molecule has 1 N–H and O–H groups in total. The van der Waals surface area contributed by atoms with Gasteiger partial charge in [-0.3, -0.25) is 4.79 Å². The van der Waals surface area contributed by atoms with Crippen molar-refractivity contribution in [3.8, 4) is 11.3 Å². The van der Waals surface area contributed by atoms with Gasteiger partial charge in [0.15, 0.2) is 0 Å². The van der Waals surface area contributed by atoms with Gasteiger partial charge in [-0.15, -0.1) is 0 Å². The lowest BCUT2D eigenvalue weighted by Gasteiger charge is -2.12. The highest BCUT2D eigenvalue weighted by Crippen LogP contribution is 2.21. The average Bonchev–Trinajstić information content (AvgIpc) is 3.08. The third-order valence-corrected chi connectivity index (χ3v) is 3.89. The molecule has 2 heterocycles. The van der Waals surface area contributed by atoms with Crippen LogP contribution in [0.5, 0.6) is 0 Å². The van der Waals surface area contributed by atoms with E-state index in [0.717, 1.165) is 24.1 Å². The van der Waals surface area contributed by atoms with Crippen molar-refractivity contribution in [2.75, 3.05) is 6.54 Å². The third-order valence-electron chi connectivity index (χ3n) is 3.89. The zero-order valence-corrected chi connectivity index (χ0v) is 13.8. The largest absolute Gasteiger partial charge is 0.390 e. The second kappa shape index (κ2) is 7.21. The van der Waals surface area contributed by atoms with Crippen LogP contribution < -0.4 is 5.32 Å². The zero-order chi connectivity index (χ0) is 16.9. The van der Waals surface area contributed by atoms with E-state index in [0.29, 0.717) is 23.6 Å². The van der Waals surface area contributed by atoms with Gasteiger partial charge in [0, 0.05) is 18.2 Å². The topological polar surface area (TPSA) is 76.5 Å². The summed E-state index contributed by atoms with van der Waals surface area (Å²) in [6.07, 6.45) is 3.10. The van der Waals surface area contributed by atoms with Gasteiger partial charge in [0.1, 0.15) is 11.9 Å². The van der Waals surface area contributed by atoms with E-state index in [1.807, 2.05) is 44.2 Å². The summed E-state index contributed by atoms with van der Waals surface area (Å²) in [7, 11) is 0. The van der Waals surface area contributed by atoms with Crippen LogP contribution in [-0.4, -0.2) is 34.2 Å². The Bertz CT molecular complexity index is 759. The maximum atomic E-state index is 12.6. The number of aromatic nitrogens is 2. The molecule has 0 aliphatic carbocycles. The van der Waals surface area contributed by atoms with Crippen LogP contribution in [0.3, 0.4) is 0 Å². The number of oxime groups is 1. The lowest BCUT2D eigenvalue weighted by atomic mass is 10.1. The van der Waals surface area contributed by atoms with Crippen LogP contribution in [0.2, 0.25) is 0 Å². The lowest BCUT2D eigenvalue weighted by Crippen LogP contribution is -2.32. The Kier molecular flexibility index (Phi) is 4.84. The molecule has 3 rings (SSSR count). The Balaban J connectivity index is 1.73. The number of carbonyl (C=O) groups is 1. The van der Waals surface area contributed by atoms with Crippen molar-refractivity contribution < 1.29 is 9.63 Å². The molecule has 124 valence electrons. The second-order valence-electron chi connectivity index (χ2n) is 5.70. The van der Waals surface area contributed by atoms with Gasteiger partial charge in [-0.05, 0) is 13.3 Å². The molecule has 2 aromatic rings. The molecule has 1 aromatic heterocycles. The molecule has 1 atom stereocenters. The van der Waals surface area contributed by atoms with E-state index in [9.17, 15) is 4.79 Å². The van der Waals surface area contributed by atoms with E-state index in [2.05, 4.69) is 20.4 Å². The number of benzene rings is 1. The molecule has 6 nitrogen and oxygen atoms in total. The number of nitrogens with zero attached hydrogens (tertiary/aromatic N) is 3. The summed E-state index contributed by atoms with van der Waals surface area (Å²) in [4.78, 5) is 26.5. The smallest absolute Gasteiger partial charge is 0.255 e. The van der Waals surface area contributed by atoms with E-state index in [1.165, 1.54) is 0 Å². The predicted molar refractivity (Wildman–Crippen MR) is 91.8 cm³/mol. The van der Waals surface area contributed by atoms with Gasteiger partial charge >= 0.3 is 0 Å². The van der Waals surface area contributed by atoms with Crippen molar-refractivity contribution in [3.63, 3.8) is 0 Å². The number of amides is 1. The molecule has 0 radical (unpaired) electrons. The van der Waals surface area contributed by atoms with E-state index >= 15 is 0 Å². The fourth-order valence-corrected chi connectivity index (χ4v) is 2.56. The highest BCUT2D eigenvalue weighted by Gasteiger charge is 2.22. The minimum Gasteiger partial charge on any atom is -0.390 e. The summed E-state index contributed by atoms with van der Waals surface area (Å²) in [6.45, 7) is 4.26. The van der Waals surface area contributed by atoms with E-state index in [1.54, 1.807) is 6.20 Å². The van der Waals surface area contributed by atoms with Gasteiger partial charge in [0.2, 0.25) is 0 Å². The molecule has 6 heteroatoms. The Morgan fingerprint density at radius 1 is 1.33 bits per heavy atom. The molecule has 0 bridgehead atoms. The fraction of sp³-hybridized carbons (Fsp3) is 0.333. The normalized spacial score (nSPS) is 16.4. The van der Waals surface area contributed by atoms with Crippen LogP contribution in [0.4, 0.5) is 0 Å². The number of rotatable bonds is 5. The first kappa shape index (κ1) is 16.1. The Morgan fingerprint density at radius 3 is 2.83 bits per heavy atom. The minimum atomic E-state index is -0.206. The molecule has 1 aromatic carbocycles. The Morgan fingerprint density at radius 2 is 2.12 bits per heavy atom. The second-order valence-corrected chi connectivity index (χ2v) is 5.70. The van der Waals surface area contributed by atoms with Gasteiger partial charge in [0.25, 0.3) is 5.91 Å². The van der Waals surface area contributed by atoms with Crippen LogP contribution >= 0.6 is 0 Å². The molecule has 24 heavy (non-hydrogen) atoms.